The molecule has 0 atom stereocenters. The molecule has 0 spiro atoms. The summed E-state index contributed by atoms with van der Waals surface area (Å²) in [4.78, 5) is 10.7. The molecule has 0 radical (unpaired) electrons. The first-order chi connectivity index (χ1) is 12.7. The Morgan fingerprint density at radius 3 is 2.38 bits per heavy atom. The van der Waals surface area contributed by atoms with Crippen molar-refractivity contribution in [2.24, 2.45) is 0 Å². The minimum atomic E-state index is -0.0107. The summed E-state index contributed by atoms with van der Waals surface area (Å²) in [5.41, 5.74) is 1.75. The fourth-order valence-corrected chi connectivity index (χ4v) is 3.01. The topological polar surface area (TPSA) is 67.7 Å². The molecule has 0 bridgehead atoms. The Bertz CT molecular complexity index is 890. The summed E-state index contributed by atoms with van der Waals surface area (Å²) in [7, 11) is 3.15. The van der Waals surface area contributed by atoms with Crippen molar-refractivity contribution in [2.75, 3.05) is 32.3 Å². The van der Waals surface area contributed by atoms with Gasteiger partial charge < -0.3 is 19.5 Å². The van der Waals surface area contributed by atoms with Crippen LogP contribution in [0, 0.1) is 0 Å². The molecule has 136 valence electrons. The molecule has 0 saturated carbocycles. The fourth-order valence-electron chi connectivity index (χ4n) is 2.84. The highest BCUT2D eigenvalue weighted by molar-refractivity contribution is 6.28. The molecule has 1 aromatic heterocycles. The number of hydrogen-bond acceptors (Lipinski definition) is 6. The van der Waals surface area contributed by atoms with E-state index in [1.165, 1.54) is 0 Å². The van der Waals surface area contributed by atoms with Crippen LogP contribution in [-0.2, 0) is 6.54 Å². The van der Waals surface area contributed by atoms with E-state index in [0.29, 0.717) is 35.9 Å². The van der Waals surface area contributed by atoms with Crippen molar-refractivity contribution in [3.8, 4) is 11.5 Å². The van der Waals surface area contributed by atoms with Gasteiger partial charge >= 0.3 is 0 Å². The zero-order chi connectivity index (χ0) is 18.5. The second kappa shape index (κ2) is 8.21. The van der Waals surface area contributed by atoms with E-state index in [9.17, 15) is 5.11 Å². The summed E-state index contributed by atoms with van der Waals surface area (Å²) in [6, 6.07) is 13.6. The number of rotatable bonds is 7. The molecule has 0 aliphatic heterocycles. The van der Waals surface area contributed by atoms with Crippen LogP contribution < -0.4 is 14.4 Å². The maximum atomic E-state index is 9.54. The first-order valence-electron chi connectivity index (χ1n) is 8.15. The summed E-state index contributed by atoms with van der Waals surface area (Å²) in [6.07, 6.45) is 0. The van der Waals surface area contributed by atoms with Crippen molar-refractivity contribution in [3.05, 3.63) is 53.3 Å². The van der Waals surface area contributed by atoms with E-state index in [1.807, 2.05) is 41.3 Å². The molecule has 7 heteroatoms. The lowest BCUT2D eigenvalue weighted by Crippen LogP contribution is -2.27. The maximum absolute atomic E-state index is 9.54. The molecule has 2 aromatic carbocycles. The molecule has 3 rings (SSSR count). The van der Waals surface area contributed by atoms with E-state index in [1.54, 1.807) is 20.3 Å². The van der Waals surface area contributed by atoms with Gasteiger partial charge in [-0.15, -0.1) is 0 Å². The van der Waals surface area contributed by atoms with Gasteiger partial charge in [0.25, 0.3) is 0 Å². The minimum absolute atomic E-state index is 0.0107. The van der Waals surface area contributed by atoms with Crippen molar-refractivity contribution >= 4 is 28.3 Å². The van der Waals surface area contributed by atoms with Gasteiger partial charge in [0, 0.05) is 24.5 Å². The summed E-state index contributed by atoms with van der Waals surface area (Å²) >= 11 is 6.16. The largest absolute Gasteiger partial charge is 0.493 e. The number of methoxy groups -OCH3 is 2. The molecule has 0 amide bonds. The van der Waals surface area contributed by atoms with E-state index < -0.39 is 0 Å². The number of nitrogens with zero attached hydrogens (tertiary/aromatic N) is 3. The Labute approximate surface area is 157 Å². The average Bonchev–Trinajstić information content (AvgIpc) is 2.66. The molecule has 0 saturated heterocycles. The van der Waals surface area contributed by atoms with Gasteiger partial charge in [0.1, 0.15) is 5.82 Å². The Morgan fingerprint density at radius 1 is 1.04 bits per heavy atom. The first-order valence-corrected chi connectivity index (χ1v) is 8.53. The van der Waals surface area contributed by atoms with Crippen LogP contribution in [0.25, 0.3) is 10.9 Å². The molecule has 3 aromatic rings. The third-order valence-electron chi connectivity index (χ3n) is 4.04. The summed E-state index contributed by atoms with van der Waals surface area (Å²) in [6.45, 7) is 0.979. The lowest BCUT2D eigenvalue weighted by molar-refractivity contribution is 0.301. The van der Waals surface area contributed by atoms with Crippen molar-refractivity contribution in [3.63, 3.8) is 0 Å². The van der Waals surface area contributed by atoms with Crippen LogP contribution in [0.15, 0.2) is 42.5 Å². The summed E-state index contributed by atoms with van der Waals surface area (Å²) < 4.78 is 10.8. The quantitative estimate of drug-likeness (QED) is 0.641. The Hall–Kier alpha value is -2.57. The summed E-state index contributed by atoms with van der Waals surface area (Å²) in [5, 5.41) is 10.4. The van der Waals surface area contributed by atoms with Crippen molar-refractivity contribution < 1.29 is 14.6 Å². The molecule has 0 aliphatic carbocycles. The number of fused-ring (bicyclic) bond motifs is 1. The van der Waals surface area contributed by atoms with E-state index in [-0.39, 0.29) is 11.9 Å². The molecule has 26 heavy (non-hydrogen) atoms. The molecular formula is C19H20ClN3O3. The van der Waals surface area contributed by atoms with Gasteiger partial charge in [-0.3, -0.25) is 0 Å². The molecule has 1 heterocycles. The molecular weight excluding hydrogens is 354 g/mol. The van der Waals surface area contributed by atoms with Crippen LogP contribution in [-0.4, -0.2) is 42.4 Å². The fraction of sp³-hybridized carbons (Fsp3) is 0.263. The number of ether oxygens (including phenoxy) is 2. The lowest BCUT2D eigenvalue weighted by atomic mass is 10.1. The number of aromatic nitrogens is 2. The predicted octanol–water partition coefficient (Wildman–Crippen LogP) is 3.30. The zero-order valence-corrected chi connectivity index (χ0v) is 15.4. The van der Waals surface area contributed by atoms with Crippen LogP contribution in [0.1, 0.15) is 5.56 Å². The van der Waals surface area contributed by atoms with Crippen molar-refractivity contribution in [1.82, 2.24) is 9.97 Å². The SMILES string of the molecule is COc1cc2nc(Cl)nc(N(CCO)Cc3ccccc3)c2cc1OC. The van der Waals surface area contributed by atoms with Gasteiger partial charge in [0.15, 0.2) is 11.5 Å². The summed E-state index contributed by atoms with van der Waals surface area (Å²) in [5.74, 6) is 1.78. The van der Waals surface area contributed by atoms with E-state index in [0.717, 1.165) is 10.9 Å². The van der Waals surface area contributed by atoms with Gasteiger partial charge in [-0.2, -0.15) is 4.98 Å². The first kappa shape index (κ1) is 18.2. The van der Waals surface area contributed by atoms with Gasteiger partial charge in [0.05, 0.1) is 26.3 Å². The second-order valence-electron chi connectivity index (χ2n) is 5.67. The van der Waals surface area contributed by atoms with Gasteiger partial charge in [0.2, 0.25) is 5.28 Å². The van der Waals surface area contributed by atoms with Crippen LogP contribution in [0.5, 0.6) is 11.5 Å². The van der Waals surface area contributed by atoms with E-state index in [2.05, 4.69) is 9.97 Å². The third-order valence-corrected chi connectivity index (χ3v) is 4.21. The number of anilines is 1. The smallest absolute Gasteiger partial charge is 0.224 e. The highest BCUT2D eigenvalue weighted by atomic mass is 35.5. The van der Waals surface area contributed by atoms with Crippen molar-refractivity contribution in [1.29, 1.82) is 0 Å². The molecule has 0 aliphatic rings. The number of halogens is 1. The normalized spacial score (nSPS) is 10.8. The third kappa shape index (κ3) is 3.81. The lowest BCUT2D eigenvalue weighted by Gasteiger charge is -2.24. The number of aliphatic hydroxyl groups is 1. The highest BCUT2D eigenvalue weighted by Crippen LogP contribution is 2.36. The van der Waals surface area contributed by atoms with Crippen LogP contribution >= 0.6 is 11.6 Å². The predicted molar refractivity (Wildman–Crippen MR) is 102 cm³/mol. The maximum Gasteiger partial charge on any atom is 0.224 e. The van der Waals surface area contributed by atoms with Crippen molar-refractivity contribution in [2.45, 2.75) is 6.54 Å². The molecule has 1 N–H and O–H groups in total. The highest BCUT2D eigenvalue weighted by Gasteiger charge is 2.17. The second-order valence-corrected chi connectivity index (χ2v) is 6.01. The Morgan fingerprint density at radius 2 is 1.73 bits per heavy atom. The van der Waals surface area contributed by atoms with Crippen LogP contribution in [0.2, 0.25) is 5.28 Å². The average molecular weight is 374 g/mol. The Balaban J connectivity index is 2.13. The van der Waals surface area contributed by atoms with Crippen LogP contribution in [0.4, 0.5) is 5.82 Å². The van der Waals surface area contributed by atoms with Gasteiger partial charge in [-0.25, -0.2) is 4.98 Å². The van der Waals surface area contributed by atoms with Crippen LogP contribution in [0.3, 0.4) is 0 Å². The molecule has 6 nitrogen and oxygen atoms in total. The molecule has 0 fully saturated rings. The van der Waals surface area contributed by atoms with E-state index in [4.69, 9.17) is 21.1 Å². The van der Waals surface area contributed by atoms with E-state index >= 15 is 0 Å². The monoisotopic (exact) mass is 373 g/mol. The zero-order valence-electron chi connectivity index (χ0n) is 14.6. The number of aliphatic hydroxyl groups excluding tert-OH is 1. The number of benzene rings is 2. The van der Waals surface area contributed by atoms with Gasteiger partial charge in [-0.1, -0.05) is 30.3 Å². The van der Waals surface area contributed by atoms with Gasteiger partial charge in [-0.05, 0) is 23.2 Å². The Kier molecular flexibility index (Phi) is 5.75. The molecule has 0 unspecified atom stereocenters. The standard InChI is InChI=1S/C19H20ClN3O3/c1-25-16-10-14-15(11-17(16)26-2)21-19(20)22-18(14)23(8-9-24)12-13-6-4-3-5-7-13/h3-7,10-11,24H,8-9,12H2,1-2H3. The number of hydrogen-bond donors (Lipinski definition) is 1. The minimum Gasteiger partial charge on any atom is -0.493 e.